The third-order valence-corrected chi connectivity index (χ3v) is 2.88. The van der Waals surface area contributed by atoms with Crippen molar-refractivity contribution in [2.45, 2.75) is 25.8 Å². The Kier molecular flexibility index (Phi) is 5.25. The molecule has 0 saturated carbocycles. The number of ether oxygens (including phenoxy) is 1. The lowest BCUT2D eigenvalue weighted by molar-refractivity contribution is -0.138. The second kappa shape index (κ2) is 6.48. The predicted molar refractivity (Wildman–Crippen MR) is 59.8 cm³/mol. The minimum atomic E-state index is -0.111. The van der Waals surface area contributed by atoms with Gasteiger partial charge in [-0.15, -0.1) is 0 Å². The Bertz CT molecular complexity index is 245. The molecule has 1 rings (SSSR count). The third-order valence-electron chi connectivity index (χ3n) is 2.88. The first kappa shape index (κ1) is 13.0. The largest absolute Gasteiger partial charge is 0.384 e. The summed E-state index contributed by atoms with van der Waals surface area (Å²) >= 11 is 0. The third kappa shape index (κ3) is 3.48. The number of likely N-dealkylation sites (tertiary alicyclic amines) is 1. The summed E-state index contributed by atoms with van der Waals surface area (Å²) in [6.07, 6.45) is 2.59. The quantitative estimate of drug-likeness (QED) is 0.674. The maximum Gasteiger partial charge on any atom is 0.227 e. The van der Waals surface area contributed by atoms with Crippen LogP contribution in [0.25, 0.3) is 0 Å². The first-order chi connectivity index (χ1) is 7.69. The number of nitrogens with zero attached hydrogens (tertiary/aromatic N) is 1. The zero-order valence-corrected chi connectivity index (χ0v) is 9.94. The van der Waals surface area contributed by atoms with Crippen LogP contribution in [0.3, 0.4) is 0 Å². The topological polar surface area (TPSA) is 58.6 Å². The van der Waals surface area contributed by atoms with Gasteiger partial charge in [0.2, 0.25) is 12.3 Å². The summed E-state index contributed by atoms with van der Waals surface area (Å²) in [7, 11) is 1.59. The molecule has 0 bridgehead atoms. The number of piperidine rings is 1. The molecule has 0 radical (unpaired) electrons. The number of carbonyl (C=O) groups excluding carboxylic acids is 2. The smallest absolute Gasteiger partial charge is 0.227 e. The van der Waals surface area contributed by atoms with Crippen molar-refractivity contribution in [3.05, 3.63) is 0 Å². The SMILES string of the molecule is COCC(C)C(=O)N1CCCC(NC=O)C1. The van der Waals surface area contributed by atoms with Crippen molar-refractivity contribution in [2.75, 3.05) is 26.8 Å². The molecule has 2 atom stereocenters. The molecule has 0 aromatic carbocycles. The monoisotopic (exact) mass is 228 g/mol. The van der Waals surface area contributed by atoms with Gasteiger partial charge in [0.25, 0.3) is 0 Å². The van der Waals surface area contributed by atoms with Crippen molar-refractivity contribution in [3.63, 3.8) is 0 Å². The highest BCUT2D eigenvalue weighted by Crippen LogP contribution is 2.13. The molecule has 5 nitrogen and oxygen atoms in total. The first-order valence-corrected chi connectivity index (χ1v) is 5.66. The molecule has 1 saturated heterocycles. The Morgan fingerprint density at radius 2 is 2.44 bits per heavy atom. The van der Waals surface area contributed by atoms with E-state index in [1.807, 2.05) is 11.8 Å². The van der Waals surface area contributed by atoms with Gasteiger partial charge in [0.1, 0.15) is 0 Å². The average Bonchev–Trinajstić information content (AvgIpc) is 2.29. The molecule has 1 heterocycles. The minimum Gasteiger partial charge on any atom is -0.384 e. The van der Waals surface area contributed by atoms with Gasteiger partial charge in [0, 0.05) is 26.2 Å². The summed E-state index contributed by atoms with van der Waals surface area (Å²) in [6.45, 7) is 3.71. The van der Waals surface area contributed by atoms with Crippen molar-refractivity contribution in [2.24, 2.45) is 5.92 Å². The van der Waals surface area contributed by atoms with E-state index in [1.165, 1.54) is 0 Å². The van der Waals surface area contributed by atoms with Crippen molar-refractivity contribution in [1.82, 2.24) is 10.2 Å². The number of rotatable bonds is 5. The van der Waals surface area contributed by atoms with E-state index in [0.29, 0.717) is 19.6 Å². The van der Waals surface area contributed by atoms with E-state index in [9.17, 15) is 9.59 Å². The van der Waals surface area contributed by atoms with Gasteiger partial charge < -0.3 is 15.0 Å². The fraction of sp³-hybridized carbons (Fsp3) is 0.818. The lowest BCUT2D eigenvalue weighted by Gasteiger charge is -2.33. The van der Waals surface area contributed by atoms with Crippen molar-refractivity contribution < 1.29 is 14.3 Å². The van der Waals surface area contributed by atoms with Crippen LogP contribution in [-0.4, -0.2) is 50.1 Å². The Morgan fingerprint density at radius 3 is 3.06 bits per heavy atom. The number of amides is 2. The molecular formula is C11H20N2O3. The van der Waals surface area contributed by atoms with E-state index in [2.05, 4.69) is 5.32 Å². The fourth-order valence-corrected chi connectivity index (χ4v) is 2.04. The Morgan fingerprint density at radius 1 is 1.69 bits per heavy atom. The molecule has 0 aromatic heterocycles. The molecule has 0 aliphatic carbocycles. The van der Waals surface area contributed by atoms with Gasteiger partial charge in [0.15, 0.2) is 0 Å². The highest BCUT2D eigenvalue weighted by Gasteiger charge is 2.26. The summed E-state index contributed by atoms with van der Waals surface area (Å²) in [6, 6.07) is 0.102. The minimum absolute atomic E-state index is 0.102. The summed E-state index contributed by atoms with van der Waals surface area (Å²) < 4.78 is 4.97. The van der Waals surface area contributed by atoms with Crippen LogP contribution in [0.5, 0.6) is 0 Å². The molecule has 0 spiro atoms. The molecule has 1 fully saturated rings. The molecular weight excluding hydrogens is 208 g/mol. The van der Waals surface area contributed by atoms with Crippen LogP contribution in [0, 0.1) is 5.92 Å². The van der Waals surface area contributed by atoms with Gasteiger partial charge in [-0.25, -0.2) is 0 Å². The van der Waals surface area contributed by atoms with Gasteiger partial charge in [-0.1, -0.05) is 6.92 Å². The Hall–Kier alpha value is -1.10. The van der Waals surface area contributed by atoms with Crippen LogP contribution in [0.4, 0.5) is 0 Å². The van der Waals surface area contributed by atoms with Crippen LogP contribution >= 0.6 is 0 Å². The van der Waals surface area contributed by atoms with E-state index in [-0.39, 0.29) is 17.9 Å². The number of nitrogens with one attached hydrogen (secondary N) is 1. The molecule has 16 heavy (non-hydrogen) atoms. The van der Waals surface area contributed by atoms with Crippen LogP contribution in [0.2, 0.25) is 0 Å². The normalized spacial score (nSPS) is 22.6. The maximum absolute atomic E-state index is 12.0. The standard InChI is InChI=1S/C11H20N2O3/c1-9(7-16-2)11(15)13-5-3-4-10(6-13)12-8-14/h8-10H,3-7H2,1-2H3,(H,12,14). The van der Waals surface area contributed by atoms with Gasteiger partial charge in [-0.05, 0) is 12.8 Å². The van der Waals surface area contributed by atoms with Gasteiger partial charge in [-0.3, -0.25) is 9.59 Å². The van der Waals surface area contributed by atoms with Crippen LogP contribution in [0.1, 0.15) is 19.8 Å². The average molecular weight is 228 g/mol. The van der Waals surface area contributed by atoms with Crippen molar-refractivity contribution in [3.8, 4) is 0 Å². The van der Waals surface area contributed by atoms with E-state index in [1.54, 1.807) is 7.11 Å². The predicted octanol–water partition coefficient (Wildman–Crippen LogP) is 0.00590. The van der Waals surface area contributed by atoms with Crippen LogP contribution in [-0.2, 0) is 14.3 Å². The van der Waals surface area contributed by atoms with Crippen LogP contribution < -0.4 is 5.32 Å². The second-order valence-corrected chi connectivity index (χ2v) is 4.26. The van der Waals surface area contributed by atoms with Gasteiger partial charge in [0.05, 0.1) is 12.5 Å². The number of hydrogen-bond acceptors (Lipinski definition) is 3. The summed E-state index contributed by atoms with van der Waals surface area (Å²) in [5.74, 6) is -0.000713. The lowest BCUT2D eigenvalue weighted by atomic mass is 10.0. The molecule has 1 aliphatic rings. The number of carbonyl (C=O) groups is 2. The van der Waals surface area contributed by atoms with Crippen LogP contribution in [0.15, 0.2) is 0 Å². The zero-order valence-electron chi connectivity index (χ0n) is 9.94. The molecule has 1 aliphatic heterocycles. The summed E-state index contributed by atoms with van der Waals surface area (Å²) in [5, 5.41) is 2.73. The molecule has 5 heteroatoms. The highest BCUT2D eigenvalue weighted by atomic mass is 16.5. The fourth-order valence-electron chi connectivity index (χ4n) is 2.04. The molecule has 1 N–H and O–H groups in total. The van der Waals surface area contributed by atoms with Gasteiger partial charge in [-0.2, -0.15) is 0 Å². The zero-order chi connectivity index (χ0) is 12.0. The summed E-state index contributed by atoms with van der Waals surface area (Å²) in [5.41, 5.74) is 0. The van der Waals surface area contributed by atoms with E-state index in [4.69, 9.17) is 4.74 Å². The lowest BCUT2D eigenvalue weighted by Crippen LogP contribution is -2.49. The number of methoxy groups -OCH3 is 1. The van der Waals surface area contributed by atoms with E-state index < -0.39 is 0 Å². The molecule has 0 aromatic rings. The van der Waals surface area contributed by atoms with Gasteiger partial charge >= 0.3 is 0 Å². The summed E-state index contributed by atoms with van der Waals surface area (Å²) in [4.78, 5) is 24.1. The Labute approximate surface area is 96.1 Å². The molecule has 2 unspecified atom stereocenters. The first-order valence-electron chi connectivity index (χ1n) is 5.66. The highest BCUT2D eigenvalue weighted by molar-refractivity contribution is 5.78. The molecule has 92 valence electrons. The van der Waals surface area contributed by atoms with E-state index >= 15 is 0 Å². The molecule has 2 amide bonds. The number of hydrogen-bond donors (Lipinski definition) is 1. The van der Waals surface area contributed by atoms with E-state index in [0.717, 1.165) is 19.4 Å². The van der Waals surface area contributed by atoms with Crippen molar-refractivity contribution >= 4 is 12.3 Å². The maximum atomic E-state index is 12.0. The Balaban J connectivity index is 2.46. The second-order valence-electron chi connectivity index (χ2n) is 4.26. The van der Waals surface area contributed by atoms with Crippen molar-refractivity contribution in [1.29, 1.82) is 0 Å².